The van der Waals surface area contributed by atoms with Gasteiger partial charge < -0.3 is 15.3 Å². The van der Waals surface area contributed by atoms with E-state index in [0.717, 1.165) is 5.06 Å². The highest BCUT2D eigenvalue weighted by molar-refractivity contribution is 5.25. The number of rotatable bonds is 7. The van der Waals surface area contributed by atoms with Crippen LogP contribution in [0.2, 0.25) is 0 Å². The standard InChI is InChI=1S/C24H27NO4/c1-22(26,19-13-7-4-8-14-19)25(23(2,27)20-15-9-5-10-16-20)29-24(3,28)21-17-11-6-12-18-21/h4-18,26-28H,1-3H3. The van der Waals surface area contributed by atoms with Gasteiger partial charge in [-0.1, -0.05) is 91.0 Å². The Bertz CT molecular complexity index is 858. The van der Waals surface area contributed by atoms with Crippen molar-refractivity contribution in [2.24, 2.45) is 0 Å². The van der Waals surface area contributed by atoms with Crippen LogP contribution in [0.3, 0.4) is 0 Å². The van der Waals surface area contributed by atoms with Gasteiger partial charge in [0.1, 0.15) is 0 Å². The Morgan fingerprint density at radius 3 is 1.21 bits per heavy atom. The Hall–Kier alpha value is -2.54. The first-order chi connectivity index (χ1) is 13.7. The topological polar surface area (TPSA) is 73.2 Å². The van der Waals surface area contributed by atoms with Crippen molar-refractivity contribution in [2.75, 3.05) is 0 Å². The first-order valence-corrected chi connectivity index (χ1v) is 9.49. The molecule has 3 aromatic rings. The molecular formula is C24H27NO4. The first kappa shape index (κ1) is 21.2. The summed E-state index contributed by atoms with van der Waals surface area (Å²) < 4.78 is 0. The van der Waals surface area contributed by atoms with Gasteiger partial charge in [-0.2, -0.15) is 0 Å². The van der Waals surface area contributed by atoms with Crippen LogP contribution in [0.1, 0.15) is 37.5 Å². The van der Waals surface area contributed by atoms with Crippen LogP contribution in [0.4, 0.5) is 0 Å². The third-order valence-electron chi connectivity index (χ3n) is 5.01. The van der Waals surface area contributed by atoms with Gasteiger partial charge in [-0.05, 0) is 20.8 Å². The van der Waals surface area contributed by atoms with Gasteiger partial charge in [0.05, 0.1) is 0 Å². The van der Waals surface area contributed by atoms with E-state index in [9.17, 15) is 15.3 Å². The fourth-order valence-corrected chi connectivity index (χ4v) is 3.32. The smallest absolute Gasteiger partial charge is 0.208 e. The van der Waals surface area contributed by atoms with E-state index < -0.39 is 17.2 Å². The van der Waals surface area contributed by atoms with Crippen molar-refractivity contribution in [1.29, 1.82) is 0 Å². The van der Waals surface area contributed by atoms with Crippen LogP contribution in [0, 0.1) is 0 Å². The van der Waals surface area contributed by atoms with Gasteiger partial charge in [-0.15, -0.1) is 5.06 Å². The lowest BCUT2D eigenvalue weighted by atomic mass is 9.98. The molecule has 5 heteroatoms. The molecule has 3 unspecified atom stereocenters. The van der Waals surface area contributed by atoms with E-state index in [4.69, 9.17) is 4.84 Å². The van der Waals surface area contributed by atoms with Gasteiger partial charge in [0.2, 0.25) is 5.79 Å². The average molecular weight is 393 g/mol. The first-order valence-electron chi connectivity index (χ1n) is 9.49. The molecule has 0 radical (unpaired) electrons. The van der Waals surface area contributed by atoms with Gasteiger partial charge in [0, 0.05) is 16.7 Å². The predicted molar refractivity (Wildman–Crippen MR) is 111 cm³/mol. The fraction of sp³-hybridized carbons (Fsp3) is 0.250. The van der Waals surface area contributed by atoms with Crippen LogP contribution in [0.5, 0.6) is 0 Å². The summed E-state index contributed by atoms with van der Waals surface area (Å²) in [5, 5.41) is 35.1. The molecule has 3 aromatic carbocycles. The molecule has 0 aromatic heterocycles. The van der Waals surface area contributed by atoms with Crippen molar-refractivity contribution in [2.45, 2.75) is 38.0 Å². The van der Waals surface area contributed by atoms with Gasteiger partial charge in [0.25, 0.3) is 0 Å². The minimum Gasteiger partial charge on any atom is -0.369 e. The molecule has 0 amide bonds. The summed E-state index contributed by atoms with van der Waals surface area (Å²) in [5.41, 5.74) is -2.04. The molecular weight excluding hydrogens is 366 g/mol. The zero-order valence-corrected chi connectivity index (χ0v) is 16.9. The Morgan fingerprint density at radius 1 is 0.552 bits per heavy atom. The second-order valence-electron chi connectivity index (χ2n) is 7.51. The monoisotopic (exact) mass is 393 g/mol. The molecule has 0 spiro atoms. The van der Waals surface area contributed by atoms with Crippen LogP contribution in [0.25, 0.3) is 0 Å². The van der Waals surface area contributed by atoms with E-state index in [2.05, 4.69) is 0 Å². The number of hydrogen-bond acceptors (Lipinski definition) is 5. The highest BCUT2D eigenvalue weighted by Crippen LogP contribution is 2.40. The highest BCUT2D eigenvalue weighted by Gasteiger charge is 2.48. The number of benzene rings is 3. The third-order valence-corrected chi connectivity index (χ3v) is 5.01. The molecule has 0 fully saturated rings. The van der Waals surface area contributed by atoms with Crippen molar-refractivity contribution < 1.29 is 20.2 Å². The molecule has 0 saturated heterocycles. The van der Waals surface area contributed by atoms with Crippen LogP contribution in [0.15, 0.2) is 91.0 Å². The van der Waals surface area contributed by atoms with E-state index in [0.29, 0.717) is 16.7 Å². The summed E-state index contributed by atoms with van der Waals surface area (Å²) in [4.78, 5) is 5.95. The summed E-state index contributed by atoms with van der Waals surface area (Å²) in [6, 6.07) is 26.6. The van der Waals surface area contributed by atoms with Crippen LogP contribution < -0.4 is 0 Å². The summed E-state index contributed by atoms with van der Waals surface area (Å²) in [7, 11) is 0. The molecule has 0 aliphatic carbocycles. The summed E-state index contributed by atoms with van der Waals surface area (Å²) in [5.74, 6) is -1.81. The number of hydroxylamine groups is 2. The fourth-order valence-electron chi connectivity index (χ4n) is 3.32. The Morgan fingerprint density at radius 2 is 0.862 bits per heavy atom. The molecule has 0 bridgehead atoms. The van der Waals surface area contributed by atoms with E-state index in [-0.39, 0.29) is 0 Å². The number of nitrogens with zero attached hydrogens (tertiary/aromatic N) is 1. The van der Waals surface area contributed by atoms with E-state index in [1.54, 1.807) is 72.8 Å². The highest BCUT2D eigenvalue weighted by atomic mass is 16.8. The van der Waals surface area contributed by atoms with Crippen LogP contribution in [-0.2, 0) is 22.1 Å². The second kappa shape index (κ2) is 8.06. The van der Waals surface area contributed by atoms with Crippen molar-refractivity contribution in [1.82, 2.24) is 5.06 Å². The van der Waals surface area contributed by atoms with Gasteiger partial charge >= 0.3 is 0 Å². The maximum absolute atomic E-state index is 11.5. The maximum Gasteiger partial charge on any atom is 0.208 e. The molecule has 29 heavy (non-hydrogen) atoms. The predicted octanol–water partition coefficient (Wildman–Crippen LogP) is 3.82. The molecule has 0 heterocycles. The van der Waals surface area contributed by atoms with Crippen molar-refractivity contribution in [3.05, 3.63) is 108 Å². The SMILES string of the molecule is CC(O)(ON(C(C)(O)c1ccccc1)C(C)(O)c1ccccc1)c1ccccc1. The Labute approximate surface area is 171 Å². The Balaban J connectivity index is 2.09. The lowest BCUT2D eigenvalue weighted by molar-refractivity contribution is -0.456. The largest absolute Gasteiger partial charge is 0.369 e. The molecule has 3 N–H and O–H groups in total. The lowest BCUT2D eigenvalue weighted by Gasteiger charge is -2.47. The number of aliphatic hydroxyl groups is 3. The summed E-state index contributed by atoms with van der Waals surface area (Å²) >= 11 is 0. The summed E-state index contributed by atoms with van der Waals surface area (Å²) in [6.45, 7) is 4.50. The van der Waals surface area contributed by atoms with Crippen molar-refractivity contribution in [3.63, 3.8) is 0 Å². The van der Waals surface area contributed by atoms with E-state index in [1.807, 2.05) is 18.2 Å². The Kier molecular flexibility index (Phi) is 5.89. The van der Waals surface area contributed by atoms with E-state index in [1.165, 1.54) is 20.8 Å². The maximum atomic E-state index is 11.5. The molecule has 3 atom stereocenters. The van der Waals surface area contributed by atoms with Crippen LogP contribution >= 0.6 is 0 Å². The molecule has 0 aliphatic rings. The molecule has 0 aliphatic heterocycles. The minimum atomic E-state index is -1.81. The van der Waals surface area contributed by atoms with Crippen LogP contribution in [-0.4, -0.2) is 20.4 Å². The summed E-state index contributed by atoms with van der Waals surface area (Å²) in [6.07, 6.45) is 0. The van der Waals surface area contributed by atoms with Gasteiger partial charge in [-0.25, -0.2) is 0 Å². The molecule has 3 rings (SSSR count). The van der Waals surface area contributed by atoms with Gasteiger partial charge in [-0.3, -0.25) is 4.84 Å². The van der Waals surface area contributed by atoms with Gasteiger partial charge in [0.15, 0.2) is 11.4 Å². The minimum absolute atomic E-state index is 0.484. The molecule has 5 nitrogen and oxygen atoms in total. The van der Waals surface area contributed by atoms with Crippen molar-refractivity contribution in [3.8, 4) is 0 Å². The zero-order chi connectivity index (χ0) is 21.1. The third kappa shape index (κ3) is 4.40. The van der Waals surface area contributed by atoms with E-state index >= 15 is 0 Å². The molecule has 0 saturated carbocycles. The second-order valence-corrected chi connectivity index (χ2v) is 7.51. The normalized spacial score (nSPS) is 17.9. The number of hydrogen-bond donors (Lipinski definition) is 3. The zero-order valence-electron chi connectivity index (χ0n) is 16.9. The van der Waals surface area contributed by atoms with Crippen molar-refractivity contribution >= 4 is 0 Å². The molecule has 152 valence electrons. The lowest BCUT2D eigenvalue weighted by Crippen LogP contribution is -2.57. The average Bonchev–Trinajstić information content (AvgIpc) is 2.74. The quantitative estimate of drug-likeness (QED) is 0.420.